The number of halogens is 3. The van der Waals surface area contributed by atoms with Crippen LogP contribution < -0.4 is 0 Å². The van der Waals surface area contributed by atoms with Crippen LogP contribution in [0.25, 0.3) is 0 Å². The highest BCUT2D eigenvalue weighted by Crippen LogP contribution is 2.24. The van der Waals surface area contributed by atoms with Gasteiger partial charge in [-0.1, -0.05) is 6.07 Å². The van der Waals surface area contributed by atoms with Gasteiger partial charge < -0.3 is 5.11 Å². The van der Waals surface area contributed by atoms with E-state index in [4.69, 9.17) is 5.11 Å². The van der Waals surface area contributed by atoms with Crippen molar-refractivity contribution < 1.29 is 18.3 Å². The number of hydrogen-bond acceptors (Lipinski definition) is 1. The van der Waals surface area contributed by atoms with Crippen molar-refractivity contribution in [3.8, 4) is 5.75 Å². The molecule has 1 aromatic rings. The van der Waals surface area contributed by atoms with Crippen molar-refractivity contribution in [2.75, 3.05) is 0 Å². The molecule has 0 bridgehead atoms. The third-order valence-corrected chi connectivity index (χ3v) is 1.72. The Bertz CT molecular complexity index is 304. The van der Waals surface area contributed by atoms with Crippen molar-refractivity contribution in [3.63, 3.8) is 0 Å². The predicted octanol–water partition coefficient (Wildman–Crippen LogP) is 2.81. The van der Waals surface area contributed by atoms with Crippen LogP contribution in [0.2, 0.25) is 0 Å². The number of alkyl halides is 3. The van der Waals surface area contributed by atoms with E-state index in [9.17, 15) is 13.2 Å². The average molecular weight is 190 g/mol. The Balaban J connectivity index is 2.90. The van der Waals surface area contributed by atoms with Gasteiger partial charge in [-0.05, 0) is 30.2 Å². The Morgan fingerprint density at radius 1 is 1.31 bits per heavy atom. The van der Waals surface area contributed by atoms with Crippen LogP contribution >= 0.6 is 0 Å². The number of aryl methyl sites for hydroxylation is 1. The van der Waals surface area contributed by atoms with E-state index >= 15 is 0 Å². The molecule has 1 N–H and O–H groups in total. The maximum absolute atomic E-state index is 12.0. The maximum Gasteiger partial charge on any atom is 0.393 e. The van der Waals surface area contributed by atoms with Gasteiger partial charge in [-0.15, -0.1) is 0 Å². The van der Waals surface area contributed by atoms with E-state index < -0.39 is 12.6 Å². The van der Waals surface area contributed by atoms with Crippen LogP contribution in [0.5, 0.6) is 5.75 Å². The summed E-state index contributed by atoms with van der Waals surface area (Å²) in [6.07, 6.45) is -5.14. The summed E-state index contributed by atoms with van der Waals surface area (Å²) in [5, 5.41) is 8.95. The van der Waals surface area contributed by atoms with Crippen LogP contribution in [0.3, 0.4) is 0 Å². The van der Waals surface area contributed by atoms with Gasteiger partial charge in [0, 0.05) is 0 Å². The van der Waals surface area contributed by atoms with Crippen LogP contribution in [0.1, 0.15) is 11.1 Å². The number of phenols is 1. The fourth-order valence-corrected chi connectivity index (χ4v) is 1.09. The molecule has 0 aromatic heterocycles. The van der Waals surface area contributed by atoms with Crippen molar-refractivity contribution in [2.24, 2.45) is 0 Å². The molecular formula is C9H9F3O. The smallest absolute Gasteiger partial charge is 0.393 e. The molecular weight excluding hydrogens is 181 g/mol. The van der Waals surface area contributed by atoms with Crippen molar-refractivity contribution >= 4 is 0 Å². The number of hydrogen-bond donors (Lipinski definition) is 1. The van der Waals surface area contributed by atoms with E-state index in [1.807, 2.05) is 0 Å². The number of aromatic hydroxyl groups is 1. The van der Waals surface area contributed by atoms with Crippen LogP contribution in [0.15, 0.2) is 18.2 Å². The van der Waals surface area contributed by atoms with Gasteiger partial charge in [0.1, 0.15) is 5.75 Å². The van der Waals surface area contributed by atoms with Crippen LogP contribution in [0.4, 0.5) is 13.2 Å². The van der Waals surface area contributed by atoms with Gasteiger partial charge in [-0.3, -0.25) is 0 Å². The first kappa shape index (κ1) is 9.89. The van der Waals surface area contributed by atoms with Crippen LogP contribution in [0, 0.1) is 6.92 Å². The topological polar surface area (TPSA) is 20.2 Å². The minimum Gasteiger partial charge on any atom is -0.508 e. The number of benzene rings is 1. The van der Waals surface area contributed by atoms with E-state index in [0.717, 1.165) is 0 Å². The molecule has 1 aromatic carbocycles. The van der Waals surface area contributed by atoms with E-state index in [-0.39, 0.29) is 11.3 Å². The van der Waals surface area contributed by atoms with E-state index in [2.05, 4.69) is 0 Å². The standard InChI is InChI=1S/C9H9F3O/c1-6-4-8(13)3-2-7(6)5-9(10,11)12/h2-4,13H,5H2,1H3. The molecule has 72 valence electrons. The first-order valence-electron chi connectivity index (χ1n) is 3.74. The summed E-state index contributed by atoms with van der Waals surface area (Å²) >= 11 is 0. The zero-order chi connectivity index (χ0) is 10.1. The summed E-state index contributed by atoms with van der Waals surface area (Å²) < 4.78 is 35.9. The lowest BCUT2D eigenvalue weighted by Crippen LogP contribution is -2.12. The van der Waals surface area contributed by atoms with Gasteiger partial charge in [-0.2, -0.15) is 13.2 Å². The number of phenolic OH excluding ortho intramolecular Hbond substituents is 1. The first-order chi connectivity index (χ1) is 5.88. The molecule has 0 unspecified atom stereocenters. The quantitative estimate of drug-likeness (QED) is 0.721. The van der Waals surface area contributed by atoms with Gasteiger partial charge >= 0.3 is 6.18 Å². The van der Waals surface area contributed by atoms with Crippen molar-refractivity contribution in [1.82, 2.24) is 0 Å². The maximum atomic E-state index is 12.0. The van der Waals surface area contributed by atoms with Gasteiger partial charge in [0.2, 0.25) is 0 Å². The SMILES string of the molecule is Cc1cc(O)ccc1CC(F)(F)F. The third kappa shape index (κ3) is 2.97. The van der Waals surface area contributed by atoms with E-state index in [1.165, 1.54) is 18.2 Å². The molecule has 0 fully saturated rings. The highest BCUT2D eigenvalue weighted by Gasteiger charge is 2.28. The minimum absolute atomic E-state index is 0.0107. The summed E-state index contributed by atoms with van der Waals surface area (Å²) in [6.45, 7) is 1.54. The average Bonchev–Trinajstić information content (AvgIpc) is 1.93. The summed E-state index contributed by atoms with van der Waals surface area (Å²) in [6, 6.07) is 3.87. The van der Waals surface area contributed by atoms with E-state index in [0.29, 0.717) is 5.56 Å². The Hall–Kier alpha value is -1.19. The Kier molecular flexibility index (Phi) is 2.50. The highest BCUT2D eigenvalue weighted by molar-refractivity contribution is 5.34. The summed E-state index contributed by atoms with van der Waals surface area (Å²) in [5.41, 5.74) is 0.655. The first-order valence-corrected chi connectivity index (χ1v) is 3.74. The molecule has 0 saturated carbocycles. The lowest BCUT2D eigenvalue weighted by molar-refractivity contribution is -0.127. The molecule has 0 aliphatic carbocycles. The molecule has 0 aliphatic heterocycles. The summed E-state index contributed by atoms with van der Waals surface area (Å²) in [7, 11) is 0. The Morgan fingerprint density at radius 2 is 1.92 bits per heavy atom. The normalized spacial score (nSPS) is 11.7. The molecule has 0 aliphatic rings. The molecule has 0 atom stereocenters. The largest absolute Gasteiger partial charge is 0.508 e. The zero-order valence-corrected chi connectivity index (χ0v) is 7.02. The zero-order valence-electron chi connectivity index (χ0n) is 7.02. The minimum atomic E-state index is -4.19. The lowest BCUT2D eigenvalue weighted by Gasteiger charge is -2.08. The molecule has 1 rings (SSSR count). The molecule has 0 heterocycles. The molecule has 13 heavy (non-hydrogen) atoms. The fourth-order valence-electron chi connectivity index (χ4n) is 1.09. The molecule has 0 radical (unpaired) electrons. The molecule has 0 saturated heterocycles. The molecule has 0 spiro atoms. The Morgan fingerprint density at radius 3 is 2.38 bits per heavy atom. The van der Waals surface area contributed by atoms with E-state index in [1.54, 1.807) is 6.92 Å². The number of rotatable bonds is 1. The lowest BCUT2D eigenvalue weighted by atomic mass is 10.1. The van der Waals surface area contributed by atoms with Crippen molar-refractivity contribution in [1.29, 1.82) is 0 Å². The van der Waals surface area contributed by atoms with Crippen LogP contribution in [-0.2, 0) is 6.42 Å². The highest BCUT2D eigenvalue weighted by atomic mass is 19.4. The van der Waals surface area contributed by atoms with Gasteiger partial charge in [-0.25, -0.2) is 0 Å². The molecule has 0 amide bonds. The second kappa shape index (κ2) is 3.28. The van der Waals surface area contributed by atoms with Crippen molar-refractivity contribution in [3.05, 3.63) is 29.3 Å². The van der Waals surface area contributed by atoms with Gasteiger partial charge in [0.15, 0.2) is 0 Å². The second-order valence-corrected chi connectivity index (χ2v) is 2.90. The monoisotopic (exact) mass is 190 g/mol. The van der Waals surface area contributed by atoms with Crippen molar-refractivity contribution in [2.45, 2.75) is 19.5 Å². The fraction of sp³-hybridized carbons (Fsp3) is 0.333. The Labute approximate surface area is 73.8 Å². The van der Waals surface area contributed by atoms with Crippen LogP contribution in [-0.4, -0.2) is 11.3 Å². The summed E-state index contributed by atoms with van der Waals surface area (Å²) in [4.78, 5) is 0. The second-order valence-electron chi connectivity index (χ2n) is 2.90. The molecule has 1 nitrogen and oxygen atoms in total. The third-order valence-electron chi connectivity index (χ3n) is 1.72. The van der Waals surface area contributed by atoms with Gasteiger partial charge in [0.25, 0.3) is 0 Å². The summed E-state index contributed by atoms with van der Waals surface area (Å²) in [5.74, 6) is -0.0107. The predicted molar refractivity (Wildman–Crippen MR) is 42.6 cm³/mol. The molecule has 4 heteroatoms. The van der Waals surface area contributed by atoms with Gasteiger partial charge in [0.05, 0.1) is 6.42 Å².